The SMILES string of the molecule is CNOc1nn(C)c(C#N)c1-c1cnc(N)c(O[C@H](C)c2cccc(F)c2)c1. The minimum Gasteiger partial charge on any atom is -0.482 e. The summed E-state index contributed by atoms with van der Waals surface area (Å²) in [6.07, 6.45) is 1.04. The van der Waals surface area contributed by atoms with Gasteiger partial charge in [-0.15, -0.1) is 5.10 Å². The highest BCUT2D eigenvalue weighted by molar-refractivity contribution is 5.75. The van der Waals surface area contributed by atoms with Gasteiger partial charge in [-0.05, 0) is 30.7 Å². The molecule has 3 aromatic rings. The molecular weight excluding hydrogens is 363 g/mol. The van der Waals surface area contributed by atoms with E-state index in [4.69, 9.17) is 15.3 Å². The zero-order valence-corrected chi connectivity index (χ0v) is 15.6. The smallest absolute Gasteiger partial charge is 0.265 e. The van der Waals surface area contributed by atoms with Gasteiger partial charge in [0.25, 0.3) is 5.88 Å². The van der Waals surface area contributed by atoms with Crippen molar-refractivity contribution in [1.82, 2.24) is 20.2 Å². The van der Waals surface area contributed by atoms with Crippen LogP contribution in [-0.2, 0) is 7.05 Å². The Morgan fingerprint density at radius 1 is 1.36 bits per heavy atom. The number of hydroxylamine groups is 1. The Labute approximate surface area is 161 Å². The molecular formula is C19H19FN6O2. The van der Waals surface area contributed by atoms with Crippen molar-refractivity contribution in [2.45, 2.75) is 13.0 Å². The van der Waals surface area contributed by atoms with Crippen LogP contribution < -0.4 is 20.8 Å². The molecule has 0 aliphatic heterocycles. The lowest BCUT2D eigenvalue weighted by Crippen LogP contribution is -2.12. The lowest BCUT2D eigenvalue weighted by molar-refractivity contribution is 0.213. The van der Waals surface area contributed by atoms with Crippen LogP contribution in [0.3, 0.4) is 0 Å². The van der Waals surface area contributed by atoms with E-state index in [1.54, 1.807) is 39.2 Å². The van der Waals surface area contributed by atoms with Crippen LogP contribution in [-0.4, -0.2) is 21.8 Å². The number of benzene rings is 1. The van der Waals surface area contributed by atoms with Crippen LogP contribution in [0.1, 0.15) is 24.3 Å². The van der Waals surface area contributed by atoms with Crippen LogP contribution >= 0.6 is 0 Å². The van der Waals surface area contributed by atoms with Crippen LogP contribution in [0.25, 0.3) is 11.1 Å². The number of hydrogen-bond acceptors (Lipinski definition) is 7. The summed E-state index contributed by atoms with van der Waals surface area (Å²) in [7, 11) is 3.22. The molecule has 0 saturated heterocycles. The van der Waals surface area contributed by atoms with Gasteiger partial charge in [0.2, 0.25) is 0 Å². The number of nitrogens with one attached hydrogen (secondary N) is 1. The van der Waals surface area contributed by atoms with Gasteiger partial charge in [-0.2, -0.15) is 10.7 Å². The maximum atomic E-state index is 13.5. The fourth-order valence-electron chi connectivity index (χ4n) is 2.76. The molecule has 0 fully saturated rings. The first-order valence-corrected chi connectivity index (χ1v) is 8.43. The number of halogens is 1. The third kappa shape index (κ3) is 3.72. The number of ether oxygens (including phenoxy) is 1. The molecule has 2 heterocycles. The molecule has 3 N–H and O–H groups in total. The van der Waals surface area contributed by atoms with E-state index in [0.29, 0.717) is 28.1 Å². The molecule has 0 aliphatic rings. The number of aryl methyl sites for hydroxylation is 1. The highest BCUT2D eigenvalue weighted by Crippen LogP contribution is 2.36. The molecule has 28 heavy (non-hydrogen) atoms. The molecule has 0 aliphatic carbocycles. The van der Waals surface area contributed by atoms with Crippen LogP contribution in [0.5, 0.6) is 11.6 Å². The topological polar surface area (TPSA) is 111 Å². The molecule has 9 heteroatoms. The molecule has 0 spiro atoms. The lowest BCUT2D eigenvalue weighted by atomic mass is 10.1. The Morgan fingerprint density at radius 2 is 2.14 bits per heavy atom. The number of aromatic nitrogens is 3. The van der Waals surface area contributed by atoms with E-state index in [9.17, 15) is 9.65 Å². The number of rotatable bonds is 6. The molecule has 0 saturated carbocycles. The predicted molar refractivity (Wildman–Crippen MR) is 101 cm³/mol. The van der Waals surface area contributed by atoms with Gasteiger partial charge in [0.15, 0.2) is 11.6 Å². The molecule has 1 atom stereocenters. The van der Waals surface area contributed by atoms with E-state index in [1.165, 1.54) is 23.0 Å². The highest BCUT2D eigenvalue weighted by atomic mass is 19.1. The molecule has 0 radical (unpaired) electrons. The van der Waals surface area contributed by atoms with Crippen LogP contribution in [0.2, 0.25) is 0 Å². The molecule has 2 aromatic heterocycles. The normalized spacial score (nSPS) is 11.7. The molecule has 144 valence electrons. The predicted octanol–water partition coefficient (Wildman–Crippen LogP) is 2.73. The molecule has 0 bridgehead atoms. The lowest BCUT2D eigenvalue weighted by Gasteiger charge is -2.17. The fraction of sp³-hybridized carbons (Fsp3) is 0.211. The summed E-state index contributed by atoms with van der Waals surface area (Å²) in [5.41, 5.74) is 10.5. The second kappa shape index (κ2) is 7.94. The average molecular weight is 382 g/mol. The zero-order valence-electron chi connectivity index (χ0n) is 15.6. The van der Waals surface area contributed by atoms with Gasteiger partial charge in [0.05, 0.1) is 5.56 Å². The summed E-state index contributed by atoms with van der Waals surface area (Å²) in [6, 6.07) is 9.88. The summed E-state index contributed by atoms with van der Waals surface area (Å²) in [5.74, 6) is 0.343. The number of nitriles is 1. The summed E-state index contributed by atoms with van der Waals surface area (Å²) in [6.45, 7) is 1.78. The van der Waals surface area contributed by atoms with E-state index < -0.39 is 6.10 Å². The van der Waals surface area contributed by atoms with Crippen molar-refractivity contribution in [3.8, 4) is 28.8 Å². The molecule has 1 aromatic carbocycles. The van der Waals surface area contributed by atoms with Crippen molar-refractivity contribution in [2.24, 2.45) is 7.05 Å². The largest absolute Gasteiger partial charge is 0.482 e. The van der Waals surface area contributed by atoms with Gasteiger partial charge in [-0.3, -0.25) is 4.68 Å². The van der Waals surface area contributed by atoms with Gasteiger partial charge in [-0.1, -0.05) is 12.1 Å². The Balaban J connectivity index is 2.00. The van der Waals surface area contributed by atoms with E-state index in [0.717, 1.165) is 0 Å². The van der Waals surface area contributed by atoms with Crippen LogP contribution in [0.15, 0.2) is 36.5 Å². The van der Waals surface area contributed by atoms with Crippen molar-refractivity contribution < 1.29 is 14.0 Å². The third-order valence-electron chi connectivity index (χ3n) is 4.11. The monoisotopic (exact) mass is 382 g/mol. The number of nitrogens with two attached hydrogens (primary N) is 1. The third-order valence-corrected chi connectivity index (χ3v) is 4.11. The van der Waals surface area contributed by atoms with Gasteiger partial charge in [0, 0.05) is 25.9 Å². The summed E-state index contributed by atoms with van der Waals surface area (Å²) in [5, 5.41) is 13.7. The summed E-state index contributed by atoms with van der Waals surface area (Å²) in [4.78, 5) is 9.48. The average Bonchev–Trinajstić information content (AvgIpc) is 2.98. The Hall–Kier alpha value is -3.64. The molecule has 3 rings (SSSR count). The Morgan fingerprint density at radius 3 is 2.82 bits per heavy atom. The number of hydrogen-bond donors (Lipinski definition) is 2. The second-order valence-electron chi connectivity index (χ2n) is 5.99. The summed E-state index contributed by atoms with van der Waals surface area (Å²) < 4.78 is 20.8. The summed E-state index contributed by atoms with van der Waals surface area (Å²) >= 11 is 0. The van der Waals surface area contributed by atoms with Gasteiger partial charge in [0.1, 0.15) is 23.7 Å². The number of nitrogens with zero attached hydrogens (tertiary/aromatic N) is 4. The minimum absolute atomic E-state index is 0.172. The Kier molecular flexibility index (Phi) is 5.42. The van der Waals surface area contributed by atoms with Gasteiger partial charge in [-0.25, -0.2) is 9.37 Å². The van der Waals surface area contributed by atoms with E-state index in [1.807, 2.05) is 0 Å². The van der Waals surface area contributed by atoms with Gasteiger partial charge < -0.3 is 15.3 Å². The van der Waals surface area contributed by atoms with Crippen molar-refractivity contribution >= 4 is 5.82 Å². The van der Waals surface area contributed by atoms with Gasteiger partial charge >= 0.3 is 0 Å². The number of anilines is 1. The molecule has 0 amide bonds. The maximum Gasteiger partial charge on any atom is 0.265 e. The molecule has 0 unspecified atom stereocenters. The fourth-order valence-corrected chi connectivity index (χ4v) is 2.76. The number of pyridine rings is 1. The van der Waals surface area contributed by atoms with Crippen molar-refractivity contribution in [1.29, 1.82) is 5.26 Å². The van der Waals surface area contributed by atoms with E-state index >= 15 is 0 Å². The first kappa shape index (κ1) is 19.1. The maximum absolute atomic E-state index is 13.5. The van der Waals surface area contributed by atoms with Crippen molar-refractivity contribution in [2.75, 3.05) is 12.8 Å². The zero-order chi connectivity index (χ0) is 20.3. The quantitative estimate of drug-likeness (QED) is 0.631. The first-order valence-electron chi connectivity index (χ1n) is 8.43. The standard InChI is InChI=1S/C19H19FN6O2/c1-11(12-5-4-6-14(20)7-12)27-16-8-13(10-24-18(16)22)17-15(9-21)26(3)25-19(17)28-23-2/h4-8,10-11,23H,1-3H3,(H2,22,24)/t11-/m1/s1. The van der Waals surface area contributed by atoms with Crippen molar-refractivity contribution in [3.63, 3.8) is 0 Å². The van der Waals surface area contributed by atoms with Crippen LogP contribution in [0.4, 0.5) is 10.2 Å². The first-order chi connectivity index (χ1) is 13.4. The van der Waals surface area contributed by atoms with Crippen LogP contribution in [0, 0.1) is 17.1 Å². The van der Waals surface area contributed by atoms with E-state index in [-0.39, 0.29) is 17.5 Å². The molecule has 8 nitrogen and oxygen atoms in total. The number of nitrogen functional groups attached to an aromatic ring is 1. The van der Waals surface area contributed by atoms with E-state index in [2.05, 4.69) is 21.6 Å². The second-order valence-corrected chi connectivity index (χ2v) is 5.99. The van der Waals surface area contributed by atoms with Crippen molar-refractivity contribution in [3.05, 3.63) is 53.6 Å². The highest BCUT2D eigenvalue weighted by Gasteiger charge is 2.21. The minimum atomic E-state index is -0.465. The Bertz CT molecular complexity index is 1040.